The van der Waals surface area contributed by atoms with Gasteiger partial charge in [0.1, 0.15) is 5.65 Å². The summed E-state index contributed by atoms with van der Waals surface area (Å²) in [5.41, 5.74) is 4.68. The molecular weight excluding hydrogens is 322 g/mol. The van der Waals surface area contributed by atoms with Gasteiger partial charge in [-0.25, -0.2) is 15.0 Å². The highest BCUT2D eigenvalue weighted by Crippen LogP contribution is 2.14. The molecule has 3 rings (SSSR count). The molecule has 3 aromatic heterocycles. The monoisotopic (exact) mass is 341 g/mol. The summed E-state index contributed by atoms with van der Waals surface area (Å²) in [6.07, 6.45) is 3.89. The number of aromatic nitrogens is 4. The van der Waals surface area contributed by atoms with E-state index < -0.39 is 0 Å². The lowest BCUT2D eigenvalue weighted by molar-refractivity contribution is -0.118. The zero-order valence-corrected chi connectivity index (χ0v) is 14.7. The molecule has 0 aliphatic rings. The van der Waals surface area contributed by atoms with Crippen molar-refractivity contribution >= 4 is 23.3 Å². The van der Waals surface area contributed by atoms with Crippen LogP contribution < -0.4 is 5.32 Å². The van der Waals surface area contributed by atoms with Crippen LogP contribution >= 0.6 is 11.8 Å². The molecule has 3 aromatic rings. The maximum absolute atomic E-state index is 12.0. The molecule has 24 heavy (non-hydrogen) atoms. The molecule has 1 N–H and O–H groups in total. The lowest BCUT2D eigenvalue weighted by Gasteiger charge is -2.04. The van der Waals surface area contributed by atoms with E-state index in [1.807, 2.05) is 55.8 Å². The molecule has 0 fully saturated rings. The van der Waals surface area contributed by atoms with Crippen molar-refractivity contribution in [1.82, 2.24) is 24.7 Å². The second kappa shape index (κ2) is 7.00. The molecule has 6 nitrogen and oxygen atoms in total. The lowest BCUT2D eigenvalue weighted by atomic mass is 10.3. The Bertz CT molecular complexity index is 870. The first kappa shape index (κ1) is 16.4. The third-order valence-electron chi connectivity index (χ3n) is 3.49. The smallest absolute Gasteiger partial charge is 0.230 e. The summed E-state index contributed by atoms with van der Waals surface area (Å²) in [5, 5.41) is 3.52. The molecule has 1 amide bonds. The molecule has 0 radical (unpaired) electrons. The van der Waals surface area contributed by atoms with Crippen molar-refractivity contribution < 1.29 is 4.79 Å². The molecule has 0 unspecified atom stereocenters. The number of carbonyl (C=O) groups is 1. The second-order valence-electron chi connectivity index (χ2n) is 5.65. The van der Waals surface area contributed by atoms with Gasteiger partial charge in [0, 0.05) is 23.8 Å². The van der Waals surface area contributed by atoms with Gasteiger partial charge in [0.15, 0.2) is 5.16 Å². The van der Waals surface area contributed by atoms with Gasteiger partial charge >= 0.3 is 0 Å². The number of pyridine rings is 1. The fourth-order valence-electron chi connectivity index (χ4n) is 2.42. The van der Waals surface area contributed by atoms with Gasteiger partial charge in [-0.2, -0.15) is 0 Å². The van der Waals surface area contributed by atoms with Crippen LogP contribution in [0.4, 0.5) is 0 Å². The van der Waals surface area contributed by atoms with Gasteiger partial charge in [-0.05, 0) is 38.5 Å². The molecule has 7 heteroatoms. The number of nitrogens with zero attached hydrogens (tertiary/aromatic N) is 4. The summed E-state index contributed by atoms with van der Waals surface area (Å²) < 4.78 is 1.97. The van der Waals surface area contributed by atoms with Crippen molar-refractivity contribution in [3.63, 3.8) is 0 Å². The number of thioether (sulfide) groups is 1. The van der Waals surface area contributed by atoms with Gasteiger partial charge in [-0.3, -0.25) is 4.79 Å². The summed E-state index contributed by atoms with van der Waals surface area (Å²) in [7, 11) is 0. The molecule has 0 bridgehead atoms. The van der Waals surface area contributed by atoms with Crippen molar-refractivity contribution in [2.45, 2.75) is 32.5 Å². The molecule has 0 aromatic carbocycles. The minimum Gasteiger partial charge on any atom is -0.350 e. The van der Waals surface area contributed by atoms with Gasteiger partial charge in [-0.1, -0.05) is 17.8 Å². The van der Waals surface area contributed by atoms with Crippen LogP contribution in [0.25, 0.3) is 5.65 Å². The fraction of sp³-hybridized carbons (Fsp3) is 0.294. The van der Waals surface area contributed by atoms with Crippen LogP contribution in [0.2, 0.25) is 0 Å². The van der Waals surface area contributed by atoms with E-state index in [9.17, 15) is 4.79 Å². The predicted molar refractivity (Wildman–Crippen MR) is 94.0 cm³/mol. The van der Waals surface area contributed by atoms with Gasteiger partial charge in [-0.15, -0.1) is 0 Å². The Balaban J connectivity index is 1.55. The highest BCUT2D eigenvalue weighted by Gasteiger charge is 2.08. The van der Waals surface area contributed by atoms with Gasteiger partial charge in [0.05, 0.1) is 18.0 Å². The summed E-state index contributed by atoms with van der Waals surface area (Å²) >= 11 is 1.34. The third-order valence-corrected chi connectivity index (χ3v) is 4.34. The quantitative estimate of drug-likeness (QED) is 0.570. The maximum Gasteiger partial charge on any atom is 0.230 e. The number of imidazole rings is 1. The first-order valence-electron chi connectivity index (χ1n) is 7.66. The second-order valence-corrected chi connectivity index (χ2v) is 6.60. The van der Waals surface area contributed by atoms with Crippen LogP contribution in [0.1, 0.15) is 22.6 Å². The van der Waals surface area contributed by atoms with Crippen LogP contribution in [-0.4, -0.2) is 31.0 Å². The van der Waals surface area contributed by atoms with Crippen molar-refractivity contribution in [3.8, 4) is 0 Å². The fourth-order valence-corrected chi connectivity index (χ4v) is 3.20. The van der Waals surface area contributed by atoms with Crippen molar-refractivity contribution in [2.75, 3.05) is 5.75 Å². The van der Waals surface area contributed by atoms with Crippen LogP contribution in [0.15, 0.2) is 35.7 Å². The Labute approximate surface area is 144 Å². The van der Waals surface area contributed by atoms with Crippen molar-refractivity contribution in [2.24, 2.45) is 0 Å². The predicted octanol–water partition coefficient (Wildman–Crippen LogP) is 2.46. The number of hydrogen-bond acceptors (Lipinski definition) is 5. The van der Waals surface area contributed by atoms with E-state index in [1.54, 1.807) is 0 Å². The first-order valence-corrected chi connectivity index (χ1v) is 8.65. The minimum atomic E-state index is -0.0588. The number of fused-ring (bicyclic) bond motifs is 1. The number of amides is 1. The highest BCUT2D eigenvalue weighted by atomic mass is 32.2. The molecule has 0 spiro atoms. The largest absolute Gasteiger partial charge is 0.350 e. The molecule has 124 valence electrons. The van der Waals surface area contributed by atoms with Gasteiger partial charge in [0.2, 0.25) is 5.91 Å². The average molecular weight is 341 g/mol. The highest BCUT2D eigenvalue weighted by molar-refractivity contribution is 7.99. The van der Waals surface area contributed by atoms with E-state index in [2.05, 4.69) is 20.3 Å². The van der Waals surface area contributed by atoms with Crippen LogP contribution in [0, 0.1) is 20.8 Å². The third kappa shape index (κ3) is 3.91. The zero-order valence-electron chi connectivity index (χ0n) is 13.9. The molecule has 3 heterocycles. The SMILES string of the molecule is Cc1cc(C)nc(SCC(=O)NCc2cn3cccc(C)c3n2)n1. The van der Waals surface area contributed by atoms with Crippen molar-refractivity contribution in [3.05, 3.63) is 53.2 Å². The molecular formula is C17H19N5OS. The van der Waals surface area contributed by atoms with Crippen molar-refractivity contribution in [1.29, 1.82) is 0 Å². The summed E-state index contributed by atoms with van der Waals surface area (Å²) in [6, 6.07) is 5.91. The zero-order chi connectivity index (χ0) is 17.1. The topological polar surface area (TPSA) is 72.2 Å². The number of nitrogens with one attached hydrogen (secondary N) is 1. The average Bonchev–Trinajstić information content (AvgIpc) is 2.95. The van der Waals surface area contributed by atoms with Crippen LogP contribution in [0.5, 0.6) is 0 Å². The summed E-state index contributed by atoms with van der Waals surface area (Å²) in [6.45, 7) is 6.27. The summed E-state index contributed by atoms with van der Waals surface area (Å²) in [4.78, 5) is 25.2. The Morgan fingerprint density at radius 3 is 2.67 bits per heavy atom. The van der Waals surface area contributed by atoms with E-state index in [4.69, 9.17) is 0 Å². The van der Waals surface area contributed by atoms with E-state index >= 15 is 0 Å². The molecule has 0 saturated carbocycles. The number of aryl methyl sites for hydroxylation is 3. The Morgan fingerprint density at radius 2 is 1.96 bits per heavy atom. The Kier molecular flexibility index (Phi) is 4.80. The van der Waals surface area contributed by atoms with E-state index in [0.29, 0.717) is 11.7 Å². The van der Waals surface area contributed by atoms with Gasteiger partial charge in [0.25, 0.3) is 0 Å². The number of hydrogen-bond donors (Lipinski definition) is 1. The maximum atomic E-state index is 12.0. The Hall–Kier alpha value is -2.41. The Morgan fingerprint density at radius 1 is 1.21 bits per heavy atom. The normalized spacial score (nSPS) is 11.0. The summed E-state index contributed by atoms with van der Waals surface area (Å²) in [5.74, 6) is 0.228. The van der Waals surface area contributed by atoms with Crippen LogP contribution in [-0.2, 0) is 11.3 Å². The van der Waals surface area contributed by atoms with Gasteiger partial charge < -0.3 is 9.72 Å². The first-order chi connectivity index (χ1) is 11.5. The molecule has 0 saturated heterocycles. The minimum absolute atomic E-state index is 0.0588. The van der Waals surface area contributed by atoms with E-state index in [-0.39, 0.29) is 11.7 Å². The number of rotatable bonds is 5. The molecule has 0 aliphatic heterocycles. The lowest BCUT2D eigenvalue weighted by Crippen LogP contribution is -2.24. The number of carbonyl (C=O) groups excluding carboxylic acids is 1. The molecule has 0 atom stereocenters. The van der Waals surface area contributed by atoms with E-state index in [0.717, 1.165) is 28.3 Å². The molecule has 0 aliphatic carbocycles. The van der Waals surface area contributed by atoms with E-state index in [1.165, 1.54) is 11.8 Å². The standard InChI is InChI=1S/C17H19N5OS/c1-11-5-4-6-22-9-14(21-16(11)22)8-18-15(23)10-24-17-19-12(2)7-13(3)20-17/h4-7,9H,8,10H2,1-3H3,(H,18,23). The van der Waals surface area contributed by atoms with Crippen LogP contribution in [0.3, 0.4) is 0 Å².